The molecule has 0 spiro atoms. The highest BCUT2D eigenvalue weighted by Crippen LogP contribution is 2.23. The number of alkyl halides is 3. The topological polar surface area (TPSA) is 22.0 Å². The van der Waals surface area contributed by atoms with E-state index in [1.807, 2.05) is 0 Å². The van der Waals surface area contributed by atoms with Crippen molar-refractivity contribution in [3.63, 3.8) is 0 Å². The molecule has 90 valence electrons. The molecule has 2 rings (SSSR count). The quantitative estimate of drug-likeness (QED) is 0.755. The maximum Gasteiger partial charge on any atom is 0.390 e. The van der Waals surface area contributed by atoms with Crippen LogP contribution >= 0.6 is 0 Å². The van der Waals surface area contributed by atoms with Crippen LogP contribution in [-0.4, -0.2) is 17.0 Å². The number of halogens is 3. The second-order valence-electron chi connectivity index (χ2n) is 3.81. The van der Waals surface area contributed by atoms with Crippen LogP contribution in [-0.2, 0) is 6.54 Å². The summed E-state index contributed by atoms with van der Waals surface area (Å²) < 4.78 is 37.9. The lowest BCUT2D eigenvalue weighted by Crippen LogP contribution is -2.11. The first-order chi connectivity index (χ1) is 7.99. The second-order valence-corrected chi connectivity index (χ2v) is 3.81. The Bertz CT molecular complexity index is 542. The van der Waals surface area contributed by atoms with Crippen LogP contribution in [0.2, 0.25) is 0 Å². The zero-order chi connectivity index (χ0) is 12.5. The SMILES string of the molecule is O=Cc1ccc2c(ccn2CCC(F)(F)F)c1. The number of carbonyl (C=O) groups is 1. The molecule has 0 saturated heterocycles. The largest absolute Gasteiger partial charge is 0.390 e. The maximum atomic E-state index is 12.1. The number of rotatable bonds is 3. The minimum atomic E-state index is -4.15. The lowest BCUT2D eigenvalue weighted by molar-refractivity contribution is -0.136. The van der Waals surface area contributed by atoms with Gasteiger partial charge >= 0.3 is 6.18 Å². The number of carbonyl (C=O) groups excluding carboxylic acids is 1. The Morgan fingerprint density at radius 3 is 2.65 bits per heavy atom. The monoisotopic (exact) mass is 241 g/mol. The summed E-state index contributed by atoms with van der Waals surface area (Å²) in [5, 5.41) is 0.775. The van der Waals surface area contributed by atoms with Gasteiger partial charge in [-0.05, 0) is 24.3 Å². The number of nitrogens with zero attached hydrogens (tertiary/aromatic N) is 1. The van der Waals surface area contributed by atoms with Gasteiger partial charge in [0.1, 0.15) is 6.29 Å². The molecule has 1 aromatic carbocycles. The Morgan fingerprint density at radius 1 is 1.24 bits per heavy atom. The predicted molar refractivity (Wildman–Crippen MR) is 58.0 cm³/mol. The third-order valence-corrected chi connectivity index (χ3v) is 2.57. The number of hydrogen-bond acceptors (Lipinski definition) is 1. The fourth-order valence-corrected chi connectivity index (χ4v) is 1.73. The molecule has 0 radical (unpaired) electrons. The first kappa shape index (κ1) is 11.7. The van der Waals surface area contributed by atoms with E-state index in [-0.39, 0.29) is 6.54 Å². The van der Waals surface area contributed by atoms with Gasteiger partial charge in [-0.25, -0.2) is 0 Å². The van der Waals surface area contributed by atoms with Gasteiger partial charge in [-0.15, -0.1) is 0 Å². The van der Waals surface area contributed by atoms with Crippen LogP contribution in [0.25, 0.3) is 10.9 Å². The van der Waals surface area contributed by atoms with Crippen molar-refractivity contribution in [1.29, 1.82) is 0 Å². The average molecular weight is 241 g/mol. The highest BCUT2D eigenvalue weighted by Gasteiger charge is 2.26. The fraction of sp³-hybridized carbons (Fsp3) is 0.250. The number of aromatic nitrogens is 1. The number of benzene rings is 1. The summed E-state index contributed by atoms with van der Waals surface area (Å²) in [5.41, 5.74) is 1.23. The molecule has 0 unspecified atom stereocenters. The van der Waals surface area contributed by atoms with Crippen molar-refractivity contribution >= 4 is 17.2 Å². The molecular formula is C12H10F3NO. The molecular weight excluding hydrogens is 231 g/mol. The molecule has 2 nitrogen and oxygen atoms in total. The summed E-state index contributed by atoms with van der Waals surface area (Å²) in [6.45, 7) is -0.104. The van der Waals surface area contributed by atoms with E-state index >= 15 is 0 Å². The van der Waals surface area contributed by atoms with Crippen LogP contribution in [0.15, 0.2) is 30.5 Å². The zero-order valence-corrected chi connectivity index (χ0v) is 8.87. The van der Waals surface area contributed by atoms with Gasteiger partial charge in [0.05, 0.1) is 6.42 Å². The molecule has 1 heterocycles. The molecule has 17 heavy (non-hydrogen) atoms. The highest BCUT2D eigenvalue weighted by atomic mass is 19.4. The van der Waals surface area contributed by atoms with Gasteiger partial charge in [0, 0.05) is 29.2 Å². The van der Waals surface area contributed by atoms with E-state index in [9.17, 15) is 18.0 Å². The van der Waals surface area contributed by atoms with Crippen molar-refractivity contribution in [3.8, 4) is 0 Å². The van der Waals surface area contributed by atoms with Crippen molar-refractivity contribution in [1.82, 2.24) is 4.57 Å². The normalized spacial score (nSPS) is 11.9. The lowest BCUT2D eigenvalue weighted by atomic mass is 10.2. The highest BCUT2D eigenvalue weighted by molar-refractivity contribution is 5.87. The van der Waals surface area contributed by atoms with Crippen LogP contribution < -0.4 is 0 Å². The third-order valence-electron chi connectivity index (χ3n) is 2.57. The molecule has 0 N–H and O–H groups in total. The molecule has 0 aliphatic rings. The van der Waals surface area contributed by atoms with Crippen molar-refractivity contribution < 1.29 is 18.0 Å². The summed E-state index contributed by atoms with van der Waals surface area (Å²) in [5.74, 6) is 0. The van der Waals surface area contributed by atoms with Gasteiger partial charge < -0.3 is 4.57 Å². The molecule has 0 aliphatic carbocycles. The van der Waals surface area contributed by atoms with Crippen LogP contribution in [0, 0.1) is 0 Å². The Balaban J connectivity index is 2.27. The summed E-state index contributed by atoms with van der Waals surface area (Å²) in [7, 11) is 0. The average Bonchev–Trinajstić information content (AvgIpc) is 2.67. The summed E-state index contributed by atoms with van der Waals surface area (Å²) >= 11 is 0. The van der Waals surface area contributed by atoms with Crippen LogP contribution in [0.1, 0.15) is 16.8 Å². The number of aryl methyl sites for hydroxylation is 1. The molecule has 5 heteroatoms. The zero-order valence-electron chi connectivity index (χ0n) is 8.87. The van der Waals surface area contributed by atoms with E-state index in [1.165, 1.54) is 4.57 Å². The van der Waals surface area contributed by atoms with Gasteiger partial charge in [0.2, 0.25) is 0 Å². The minimum absolute atomic E-state index is 0.104. The standard InChI is InChI=1S/C12H10F3NO/c13-12(14,15)4-6-16-5-3-10-7-9(8-17)1-2-11(10)16/h1-3,5,7-8H,4,6H2. The molecule has 0 amide bonds. The Kier molecular flexibility index (Phi) is 2.92. The molecule has 0 aliphatic heterocycles. The molecule has 0 atom stereocenters. The van der Waals surface area contributed by atoms with Gasteiger partial charge in [0.15, 0.2) is 0 Å². The Labute approximate surface area is 95.7 Å². The Hall–Kier alpha value is -1.78. The van der Waals surface area contributed by atoms with E-state index in [2.05, 4.69) is 0 Å². The minimum Gasteiger partial charge on any atom is -0.347 e. The molecule has 0 bridgehead atoms. The number of hydrogen-bond donors (Lipinski definition) is 0. The molecule has 0 saturated carbocycles. The summed E-state index contributed by atoms with van der Waals surface area (Å²) in [4.78, 5) is 10.6. The van der Waals surface area contributed by atoms with E-state index in [0.717, 1.165) is 5.39 Å². The first-order valence-electron chi connectivity index (χ1n) is 5.10. The van der Waals surface area contributed by atoms with Crippen LogP contribution in [0.4, 0.5) is 13.2 Å². The second kappa shape index (κ2) is 4.24. The van der Waals surface area contributed by atoms with Crippen LogP contribution in [0.3, 0.4) is 0 Å². The van der Waals surface area contributed by atoms with Crippen molar-refractivity contribution in [2.45, 2.75) is 19.1 Å². The summed E-state index contributed by atoms with van der Waals surface area (Å²) in [6, 6.07) is 6.62. The van der Waals surface area contributed by atoms with Gasteiger partial charge in [-0.3, -0.25) is 4.79 Å². The van der Waals surface area contributed by atoms with E-state index in [1.54, 1.807) is 30.5 Å². The first-order valence-corrected chi connectivity index (χ1v) is 5.10. The van der Waals surface area contributed by atoms with E-state index in [4.69, 9.17) is 0 Å². The lowest BCUT2D eigenvalue weighted by Gasteiger charge is -2.08. The van der Waals surface area contributed by atoms with E-state index < -0.39 is 12.6 Å². The Morgan fingerprint density at radius 2 is 2.00 bits per heavy atom. The number of fused-ring (bicyclic) bond motifs is 1. The maximum absolute atomic E-state index is 12.1. The van der Waals surface area contributed by atoms with Crippen molar-refractivity contribution in [3.05, 3.63) is 36.0 Å². The predicted octanol–water partition coefficient (Wildman–Crippen LogP) is 3.41. The van der Waals surface area contributed by atoms with E-state index in [0.29, 0.717) is 17.4 Å². The van der Waals surface area contributed by atoms with Crippen molar-refractivity contribution in [2.24, 2.45) is 0 Å². The van der Waals surface area contributed by atoms with Crippen molar-refractivity contribution in [2.75, 3.05) is 0 Å². The smallest absolute Gasteiger partial charge is 0.347 e. The van der Waals surface area contributed by atoms with Crippen LogP contribution in [0.5, 0.6) is 0 Å². The van der Waals surface area contributed by atoms with Gasteiger partial charge in [-0.2, -0.15) is 13.2 Å². The summed E-state index contributed by atoms with van der Waals surface area (Å²) in [6.07, 6.45) is -2.69. The van der Waals surface area contributed by atoms with Gasteiger partial charge in [-0.1, -0.05) is 0 Å². The number of aldehydes is 1. The molecule has 2 aromatic rings. The molecule has 0 fully saturated rings. The van der Waals surface area contributed by atoms with Gasteiger partial charge in [0.25, 0.3) is 0 Å². The fourth-order valence-electron chi connectivity index (χ4n) is 1.73. The third kappa shape index (κ3) is 2.67. The molecule has 1 aromatic heterocycles.